The summed E-state index contributed by atoms with van der Waals surface area (Å²) in [4.78, 5) is 14.3. The van der Waals surface area contributed by atoms with E-state index < -0.39 is 0 Å². The molecule has 106 valence electrons. The van der Waals surface area contributed by atoms with Gasteiger partial charge in [0.15, 0.2) is 5.76 Å². The Labute approximate surface area is 120 Å². The van der Waals surface area contributed by atoms with Crippen molar-refractivity contribution in [3.63, 3.8) is 0 Å². The third-order valence-corrected chi connectivity index (χ3v) is 4.34. The molecule has 0 aromatic heterocycles. The molecule has 0 spiro atoms. The van der Waals surface area contributed by atoms with Crippen LogP contribution in [-0.2, 0) is 22.4 Å². The third kappa shape index (κ3) is 2.58. The third-order valence-electron chi connectivity index (χ3n) is 4.34. The molecule has 3 nitrogen and oxygen atoms in total. The van der Waals surface area contributed by atoms with Crippen LogP contribution in [-0.4, -0.2) is 30.5 Å². The lowest BCUT2D eigenvalue weighted by Crippen LogP contribution is -2.41. The Morgan fingerprint density at radius 2 is 2.10 bits per heavy atom. The van der Waals surface area contributed by atoms with Crippen LogP contribution in [0.4, 0.5) is 0 Å². The summed E-state index contributed by atoms with van der Waals surface area (Å²) < 4.78 is 5.49. The average molecular weight is 271 g/mol. The molecule has 0 bridgehead atoms. The van der Waals surface area contributed by atoms with E-state index in [9.17, 15) is 4.79 Å². The maximum Gasteiger partial charge on any atom is 0.288 e. The number of carbonyl (C=O) groups is 1. The minimum atomic E-state index is 0.0362. The van der Waals surface area contributed by atoms with E-state index in [0.29, 0.717) is 12.4 Å². The highest BCUT2D eigenvalue weighted by Crippen LogP contribution is 2.25. The van der Waals surface area contributed by atoms with Crippen LogP contribution < -0.4 is 0 Å². The Morgan fingerprint density at radius 3 is 2.85 bits per heavy atom. The summed E-state index contributed by atoms with van der Waals surface area (Å²) in [7, 11) is 1.90. The van der Waals surface area contributed by atoms with E-state index in [1.54, 1.807) is 0 Å². The highest BCUT2D eigenvalue weighted by molar-refractivity contribution is 5.91. The van der Waals surface area contributed by atoms with Crippen molar-refractivity contribution in [1.29, 1.82) is 0 Å². The zero-order chi connectivity index (χ0) is 13.9. The molecule has 0 saturated heterocycles. The number of carbonyl (C=O) groups excluding carboxylic acids is 1. The fourth-order valence-corrected chi connectivity index (χ4v) is 3.06. The Morgan fingerprint density at radius 1 is 1.30 bits per heavy atom. The van der Waals surface area contributed by atoms with E-state index in [1.807, 2.05) is 18.0 Å². The molecular weight excluding hydrogens is 250 g/mol. The summed E-state index contributed by atoms with van der Waals surface area (Å²) >= 11 is 0. The van der Waals surface area contributed by atoms with Crippen LogP contribution in [0.1, 0.15) is 30.4 Å². The molecule has 1 aromatic rings. The molecule has 1 aliphatic heterocycles. The second kappa shape index (κ2) is 5.70. The van der Waals surface area contributed by atoms with Crippen molar-refractivity contribution in [2.45, 2.75) is 38.1 Å². The van der Waals surface area contributed by atoms with Crippen molar-refractivity contribution < 1.29 is 9.53 Å². The molecule has 1 atom stereocenters. The van der Waals surface area contributed by atoms with Crippen molar-refractivity contribution in [3.05, 3.63) is 47.2 Å². The number of hydrogen-bond acceptors (Lipinski definition) is 2. The van der Waals surface area contributed by atoms with Gasteiger partial charge < -0.3 is 9.64 Å². The van der Waals surface area contributed by atoms with Gasteiger partial charge in [0.2, 0.25) is 0 Å². The van der Waals surface area contributed by atoms with Crippen molar-refractivity contribution >= 4 is 5.91 Å². The standard InChI is InChI=1S/C17H21NO2/c1-18(17(19)16-8-4-5-11-20-16)15-10-9-13-6-2-3-7-14(13)12-15/h2-3,6-8,15H,4-5,9-12H2,1H3. The van der Waals surface area contributed by atoms with Gasteiger partial charge in [-0.1, -0.05) is 24.3 Å². The minimum absolute atomic E-state index is 0.0362. The molecular formula is C17H21NO2. The number of fused-ring (bicyclic) bond motifs is 1. The van der Waals surface area contributed by atoms with E-state index in [4.69, 9.17) is 4.74 Å². The number of allylic oxidation sites excluding steroid dienone is 1. The number of nitrogens with zero attached hydrogens (tertiary/aromatic N) is 1. The van der Waals surface area contributed by atoms with Gasteiger partial charge in [-0.3, -0.25) is 4.79 Å². The lowest BCUT2D eigenvalue weighted by Gasteiger charge is -2.33. The molecule has 0 saturated carbocycles. The van der Waals surface area contributed by atoms with E-state index in [0.717, 1.165) is 32.1 Å². The Bertz CT molecular complexity index is 536. The first-order valence-corrected chi connectivity index (χ1v) is 7.42. The summed E-state index contributed by atoms with van der Waals surface area (Å²) in [5.41, 5.74) is 2.81. The van der Waals surface area contributed by atoms with Crippen LogP contribution in [0.15, 0.2) is 36.1 Å². The van der Waals surface area contributed by atoms with Gasteiger partial charge in [0, 0.05) is 13.1 Å². The van der Waals surface area contributed by atoms with Gasteiger partial charge in [0.25, 0.3) is 5.91 Å². The van der Waals surface area contributed by atoms with Crippen molar-refractivity contribution in [1.82, 2.24) is 4.90 Å². The van der Waals surface area contributed by atoms with Gasteiger partial charge in [-0.25, -0.2) is 0 Å². The quantitative estimate of drug-likeness (QED) is 0.827. The molecule has 20 heavy (non-hydrogen) atoms. The van der Waals surface area contributed by atoms with Crippen molar-refractivity contribution in [2.75, 3.05) is 13.7 Å². The smallest absolute Gasteiger partial charge is 0.288 e. The topological polar surface area (TPSA) is 29.5 Å². The SMILES string of the molecule is CN(C(=O)C1=CCCCO1)C1CCc2ccccc2C1. The molecule has 3 heteroatoms. The summed E-state index contributed by atoms with van der Waals surface area (Å²) in [6, 6.07) is 8.82. The van der Waals surface area contributed by atoms with Crippen molar-refractivity contribution in [2.24, 2.45) is 0 Å². The zero-order valence-electron chi connectivity index (χ0n) is 12.0. The van der Waals surface area contributed by atoms with E-state index in [-0.39, 0.29) is 11.9 Å². The number of aryl methyl sites for hydroxylation is 1. The molecule has 3 rings (SSSR count). The lowest BCUT2D eigenvalue weighted by molar-refractivity contribution is -0.132. The molecule has 2 aliphatic rings. The molecule has 0 fully saturated rings. The highest BCUT2D eigenvalue weighted by atomic mass is 16.5. The van der Waals surface area contributed by atoms with Gasteiger partial charge in [-0.2, -0.15) is 0 Å². The second-order valence-electron chi connectivity index (χ2n) is 5.64. The summed E-state index contributed by atoms with van der Waals surface area (Å²) in [5, 5.41) is 0. The fourth-order valence-electron chi connectivity index (χ4n) is 3.06. The number of likely N-dealkylation sites (N-methyl/N-ethyl adjacent to an activating group) is 1. The number of amides is 1. The lowest BCUT2D eigenvalue weighted by atomic mass is 9.87. The maximum atomic E-state index is 12.4. The minimum Gasteiger partial charge on any atom is -0.488 e. The fraction of sp³-hybridized carbons (Fsp3) is 0.471. The second-order valence-corrected chi connectivity index (χ2v) is 5.64. The first-order chi connectivity index (χ1) is 9.75. The summed E-state index contributed by atoms with van der Waals surface area (Å²) in [6.07, 6.45) is 6.93. The average Bonchev–Trinajstić information content (AvgIpc) is 2.54. The largest absolute Gasteiger partial charge is 0.488 e. The first kappa shape index (κ1) is 13.2. The van der Waals surface area contributed by atoms with Crippen LogP contribution in [0.5, 0.6) is 0 Å². The van der Waals surface area contributed by atoms with Gasteiger partial charge >= 0.3 is 0 Å². The van der Waals surface area contributed by atoms with Gasteiger partial charge in [0.05, 0.1) is 6.61 Å². The number of ether oxygens (including phenoxy) is 1. The van der Waals surface area contributed by atoms with E-state index in [2.05, 4.69) is 24.3 Å². The first-order valence-electron chi connectivity index (χ1n) is 7.42. The number of benzene rings is 1. The van der Waals surface area contributed by atoms with E-state index >= 15 is 0 Å². The molecule has 1 unspecified atom stereocenters. The molecule has 1 amide bonds. The maximum absolute atomic E-state index is 12.4. The monoisotopic (exact) mass is 271 g/mol. The van der Waals surface area contributed by atoms with Gasteiger partial charge in [-0.05, 0) is 49.3 Å². The normalized spacial score (nSPS) is 21.4. The molecule has 0 N–H and O–H groups in total. The number of rotatable bonds is 2. The van der Waals surface area contributed by atoms with Gasteiger partial charge in [0.1, 0.15) is 0 Å². The van der Waals surface area contributed by atoms with E-state index in [1.165, 1.54) is 11.1 Å². The van der Waals surface area contributed by atoms with Crippen molar-refractivity contribution in [3.8, 4) is 0 Å². The molecule has 0 radical (unpaired) electrons. The van der Waals surface area contributed by atoms with Crippen LogP contribution in [0.25, 0.3) is 0 Å². The van der Waals surface area contributed by atoms with Gasteiger partial charge in [-0.15, -0.1) is 0 Å². The van der Waals surface area contributed by atoms with Crippen LogP contribution in [0, 0.1) is 0 Å². The molecule has 1 aliphatic carbocycles. The zero-order valence-corrected chi connectivity index (χ0v) is 12.0. The van der Waals surface area contributed by atoms with Crippen LogP contribution >= 0.6 is 0 Å². The summed E-state index contributed by atoms with van der Waals surface area (Å²) in [6.45, 7) is 0.666. The number of hydrogen-bond donors (Lipinski definition) is 0. The Hall–Kier alpha value is -1.77. The highest BCUT2D eigenvalue weighted by Gasteiger charge is 2.27. The molecule has 1 heterocycles. The van der Waals surface area contributed by atoms with Crippen LogP contribution in [0.3, 0.4) is 0 Å². The van der Waals surface area contributed by atoms with Crippen LogP contribution in [0.2, 0.25) is 0 Å². The Kier molecular flexibility index (Phi) is 3.77. The molecule has 1 aromatic carbocycles. The summed E-state index contributed by atoms with van der Waals surface area (Å²) in [5.74, 6) is 0.576. The predicted octanol–water partition coefficient (Wildman–Crippen LogP) is 2.70. The predicted molar refractivity (Wildman–Crippen MR) is 78.3 cm³/mol. The Balaban J connectivity index is 1.71.